The van der Waals surface area contributed by atoms with E-state index in [-0.39, 0.29) is 11.8 Å². The van der Waals surface area contributed by atoms with E-state index in [1.165, 1.54) is 32.1 Å². The van der Waals surface area contributed by atoms with E-state index in [1.807, 2.05) is 30.3 Å². The number of nitrogens with one attached hydrogen (secondary N) is 1. The molecule has 0 unspecified atom stereocenters. The summed E-state index contributed by atoms with van der Waals surface area (Å²) in [5.41, 5.74) is 1.66. The Morgan fingerprint density at radius 2 is 1.96 bits per heavy atom. The lowest BCUT2D eigenvalue weighted by atomic mass is 9.79. The molecule has 0 saturated heterocycles. The predicted molar refractivity (Wildman–Crippen MR) is 104 cm³/mol. The molecule has 1 amide bonds. The van der Waals surface area contributed by atoms with Crippen molar-refractivity contribution in [3.8, 4) is 11.3 Å². The number of amides is 1. The molecule has 2 aromatic rings. The maximum atomic E-state index is 12.4. The fourth-order valence-electron chi connectivity index (χ4n) is 3.67. The zero-order valence-electron chi connectivity index (χ0n) is 15.3. The van der Waals surface area contributed by atoms with Crippen LogP contribution in [0.4, 0.5) is 0 Å². The van der Waals surface area contributed by atoms with Crippen molar-refractivity contribution >= 4 is 17.5 Å². The monoisotopic (exact) mass is 374 g/mol. The number of aromatic nitrogens is 1. The molecule has 0 atom stereocenters. The zero-order valence-corrected chi connectivity index (χ0v) is 16.1. The summed E-state index contributed by atoms with van der Waals surface area (Å²) in [5.74, 6) is 1.80. The van der Waals surface area contributed by atoms with Gasteiger partial charge in [-0.3, -0.25) is 4.79 Å². The summed E-state index contributed by atoms with van der Waals surface area (Å²) in [6.45, 7) is 2.65. The molecule has 1 saturated carbocycles. The molecule has 140 valence electrons. The van der Waals surface area contributed by atoms with E-state index >= 15 is 0 Å². The van der Waals surface area contributed by atoms with E-state index in [9.17, 15) is 4.79 Å². The summed E-state index contributed by atoms with van der Waals surface area (Å²) in [4.78, 5) is 12.4. The smallest absolute Gasteiger partial charge is 0.223 e. The third kappa shape index (κ3) is 5.10. The van der Waals surface area contributed by atoms with E-state index in [2.05, 4.69) is 17.4 Å². The van der Waals surface area contributed by atoms with Crippen LogP contribution in [-0.4, -0.2) is 11.1 Å². The number of carbonyl (C=O) groups excluding carboxylic acids is 1. The minimum Gasteiger partial charge on any atom is -0.356 e. The second-order valence-corrected chi connectivity index (χ2v) is 7.70. The molecule has 0 spiro atoms. The molecule has 26 heavy (non-hydrogen) atoms. The minimum atomic E-state index is 0.148. The van der Waals surface area contributed by atoms with Crippen molar-refractivity contribution < 1.29 is 9.32 Å². The van der Waals surface area contributed by atoms with Gasteiger partial charge in [-0.1, -0.05) is 42.9 Å². The highest BCUT2D eigenvalue weighted by molar-refractivity contribution is 6.30. The first-order valence-electron chi connectivity index (χ1n) is 9.65. The number of carbonyl (C=O) groups is 1. The molecule has 0 radical (unpaired) electrons. The first-order valence-corrected chi connectivity index (χ1v) is 10.0. The molecule has 1 aromatic heterocycles. The second kappa shape index (κ2) is 9.22. The number of nitrogens with zero attached hydrogens (tertiary/aromatic N) is 1. The van der Waals surface area contributed by atoms with Crippen molar-refractivity contribution in [1.82, 2.24) is 10.5 Å². The maximum Gasteiger partial charge on any atom is 0.223 e. The summed E-state index contributed by atoms with van der Waals surface area (Å²) >= 11 is 5.90. The summed E-state index contributed by atoms with van der Waals surface area (Å²) in [7, 11) is 0. The Labute approximate surface area is 160 Å². The van der Waals surface area contributed by atoms with Crippen LogP contribution in [0.2, 0.25) is 5.02 Å². The van der Waals surface area contributed by atoms with Crippen LogP contribution in [-0.2, 0) is 11.3 Å². The van der Waals surface area contributed by atoms with Crippen LogP contribution >= 0.6 is 11.6 Å². The van der Waals surface area contributed by atoms with Crippen LogP contribution < -0.4 is 5.32 Å². The van der Waals surface area contributed by atoms with Gasteiger partial charge in [0.05, 0.1) is 6.54 Å². The van der Waals surface area contributed by atoms with Crippen molar-refractivity contribution in [2.45, 2.75) is 58.4 Å². The molecule has 1 aliphatic carbocycles. The highest BCUT2D eigenvalue weighted by Gasteiger charge is 2.25. The topological polar surface area (TPSA) is 55.1 Å². The Hall–Kier alpha value is -1.81. The van der Waals surface area contributed by atoms with Crippen LogP contribution in [0.5, 0.6) is 0 Å². The fraction of sp³-hybridized carbons (Fsp3) is 0.524. The molecule has 4 nitrogen and oxygen atoms in total. The predicted octanol–water partition coefficient (Wildman–Crippen LogP) is 5.61. The van der Waals surface area contributed by atoms with Gasteiger partial charge in [0.25, 0.3) is 0 Å². The second-order valence-electron chi connectivity index (χ2n) is 7.27. The Morgan fingerprint density at radius 3 is 2.65 bits per heavy atom. The first-order chi connectivity index (χ1) is 12.7. The van der Waals surface area contributed by atoms with Gasteiger partial charge in [0.2, 0.25) is 5.91 Å². The largest absolute Gasteiger partial charge is 0.356 e. The number of hydrogen-bond donors (Lipinski definition) is 1. The van der Waals surface area contributed by atoms with Crippen molar-refractivity contribution in [2.75, 3.05) is 0 Å². The normalized spacial score (nSPS) is 20.1. The van der Waals surface area contributed by atoms with Gasteiger partial charge >= 0.3 is 0 Å². The Kier molecular flexibility index (Phi) is 6.73. The summed E-state index contributed by atoms with van der Waals surface area (Å²) in [5, 5.41) is 7.76. The molecule has 1 aliphatic rings. The molecule has 3 rings (SSSR count). The third-order valence-corrected chi connectivity index (χ3v) is 5.57. The molecule has 1 aromatic carbocycles. The van der Waals surface area contributed by atoms with Crippen LogP contribution in [0.25, 0.3) is 11.3 Å². The van der Waals surface area contributed by atoms with Crippen molar-refractivity contribution in [3.05, 3.63) is 41.0 Å². The van der Waals surface area contributed by atoms with E-state index in [0.29, 0.717) is 17.3 Å². The highest BCUT2D eigenvalue weighted by Crippen LogP contribution is 2.32. The Morgan fingerprint density at radius 1 is 1.23 bits per heavy atom. The average Bonchev–Trinajstić information content (AvgIpc) is 3.14. The SMILES string of the molecule is CCCCC1CCC(C(=O)NCc2cc(-c3ccc(Cl)cc3)on2)CC1. The lowest BCUT2D eigenvalue weighted by Gasteiger charge is -2.27. The van der Waals surface area contributed by atoms with E-state index in [1.54, 1.807) is 0 Å². The number of unbranched alkanes of at least 4 members (excludes halogenated alkanes) is 1. The number of rotatable bonds is 7. The summed E-state index contributed by atoms with van der Waals surface area (Å²) in [6, 6.07) is 9.28. The summed E-state index contributed by atoms with van der Waals surface area (Å²) < 4.78 is 5.38. The van der Waals surface area contributed by atoms with Crippen LogP contribution in [0, 0.1) is 11.8 Å². The standard InChI is InChI=1S/C21H27ClN2O2/c1-2-3-4-15-5-7-17(8-6-15)21(25)23-14-19-13-20(26-24-19)16-9-11-18(22)12-10-16/h9-13,15,17H,2-8,14H2,1H3,(H,23,25). The Balaban J connectivity index is 1.46. The maximum absolute atomic E-state index is 12.4. The van der Waals surface area contributed by atoms with Crippen molar-refractivity contribution in [1.29, 1.82) is 0 Å². The zero-order chi connectivity index (χ0) is 18.4. The molecule has 1 heterocycles. The number of hydrogen-bond acceptors (Lipinski definition) is 3. The third-order valence-electron chi connectivity index (χ3n) is 5.31. The van der Waals surface area contributed by atoms with E-state index in [4.69, 9.17) is 16.1 Å². The van der Waals surface area contributed by atoms with Crippen molar-refractivity contribution in [3.63, 3.8) is 0 Å². The van der Waals surface area contributed by atoms with Crippen molar-refractivity contribution in [2.24, 2.45) is 11.8 Å². The Bertz CT molecular complexity index is 703. The molecular formula is C21H27ClN2O2. The van der Waals surface area contributed by atoms with Crippen LogP contribution in [0.3, 0.4) is 0 Å². The quantitative estimate of drug-likeness (QED) is 0.685. The van der Waals surface area contributed by atoms with Crippen LogP contribution in [0.15, 0.2) is 34.9 Å². The van der Waals surface area contributed by atoms with Gasteiger partial charge in [0.1, 0.15) is 5.69 Å². The minimum absolute atomic E-state index is 0.148. The lowest BCUT2D eigenvalue weighted by molar-refractivity contribution is -0.126. The van der Waals surface area contributed by atoms with E-state index in [0.717, 1.165) is 30.0 Å². The molecular weight excluding hydrogens is 348 g/mol. The first kappa shape index (κ1) is 19.0. The molecule has 5 heteroatoms. The summed E-state index contributed by atoms with van der Waals surface area (Å²) in [6.07, 6.45) is 8.27. The fourth-order valence-corrected chi connectivity index (χ4v) is 3.80. The molecule has 0 aliphatic heterocycles. The molecule has 0 bridgehead atoms. The van der Waals surface area contributed by atoms with Gasteiger partial charge in [-0.25, -0.2) is 0 Å². The average molecular weight is 375 g/mol. The number of benzene rings is 1. The van der Waals surface area contributed by atoms with Gasteiger partial charge in [-0.2, -0.15) is 0 Å². The van der Waals surface area contributed by atoms with E-state index < -0.39 is 0 Å². The number of halogens is 1. The van der Waals surface area contributed by atoms with Crippen LogP contribution in [0.1, 0.15) is 57.6 Å². The van der Waals surface area contributed by atoms with Gasteiger partial charge in [-0.05, 0) is 55.9 Å². The van der Waals surface area contributed by atoms with Gasteiger partial charge in [-0.15, -0.1) is 0 Å². The lowest BCUT2D eigenvalue weighted by Crippen LogP contribution is -2.32. The van der Waals surface area contributed by atoms with Gasteiger partial charge in [0.15, 0.2) is 5.76 Å². The molecule has 1 N–H and O–H groups in total. The van der Waals surface area contributed by atoms with Gasteiger partial charge < -0.3 is 9.84 Å². The highest BCUT2D eigenvalue weighted by atomic mass is 35.5. The van der Waals surface area contributed by atoms with Gasteiger partial charge in [0, 0.05) is 22.6 Å². The molecule has 1 fully saturated rings.